The number of rotatable bonds is 4. The van der Waals surface area contributed by atoms with Gasteiger partial charge in [0, 0.05) is 12.8 Å². The summed E-state index contributed by atoms with van der Waals surface area (Å²) in [5.41, 5.74) is 2.82. The number of amides is 1. The summed E-state index contributed by atoms with van der Waals surface area (Å²) in [5.74, 6) is 0.380. The van der Waals surface area contributed by atoms with Crippen molar-refractivity contribution in [3.63, 3.8) is 0 Å². The molecule has 21 heavy (non-hydrogen) atoms. The summed E-state index contributed by atoms with van der Waals surface area (Å²) in [6.45, 7) is 4.34. The summed E-state index contributed by atoms with van der Waals surface area (Å²) in [6.07, 6.45) is 1.05. The number of hydrogen-bond donors (Lipinski definition) is 1. The van der Waals surface area contributed by atoms with Crippen molar-refractivity contribution in [2.24, 2.45) is 0 Å². The van der Waals surface area contributed by atoms with E-state index < -0.39 is 0 Å². The Labute approximate surface area is 153 Å². The molecule has 0 heterocycles. The third kappa shape index (κ3) is 4.18. The Morgan fingerprint density at radius 1 is 1.19 bits per heavy atom. The summed E-state index contributed by atoms with van der Waals surface area (Å²) in [5, 5.41) is 3.06. The van der Waals surface area contributed by atoms with Gasteiger partial charge < -0.3 is 5.32 Å². The number of nitrogens with one attached hydrogen (secondary N) is 1. The molecule has 110 valence electrons. The Morgan fingerprint density at radius 3 is 2.62 bits per heavy atom. The van der Waals surface area contributed by atoms with Gasteiger partial charge in [-0.15, -0.1) is 0 Å². The second-order valence-electron chi connectivity index (χ2n) is 4.97. The fourth-order valence-electron chi connectivity index (χ4n) is 2.12. The topological polar surface area (TPSA) is 29.1 Å². The fraction of sp³-hybridized carbons (Fsp3) is 0.235. The molecule has 1 amide bonds. The van der Waals surface area contributed by atoms with Crippen LogP contribution < -0.4 is 5.32 Å². The lowest BCUT2D eigenvalue weighted by Gasteiger charge is -2.16. The van der Waals surface area contributed by atoms with Crippen molar-refractivity contribution >= 4 is 56.8 Å². The van der Waals surface area contributed by atoms with E-state index in [1.807, 2.05) is 36.4 Å². The average molecular weight is 505 g/mol. The molecule has 0 spiro atoms. The van der Waals surface area contributed by atoms with Crippen LogP contribution in [0.25, 0.3) is 0 Å². The number of carbonyl (C=O) groups excluding carboxylic acids is 1. The first kappa shape index (κ1) is 16.7. The molecule has 2 aromatic rings. The fourth-order valence-corrected chi connectivity index (χ4v) is 3.19. The summed E-state index contributed by atoms with van der Waals surface area (Å²) in [7, 11) is 0. The molecule has 1 atom stereocenters. The minimum absolute atomic E-state index is 0.0475. The van der Waals surface area contributed by atoms with Crippen molar-refractivity contribution in [1.82, 2.24) is 0 Å². The highest BCUT2D eigenvalue weighted by Gasteiger charge is 2.14. The molecular formula is C17H17I2NO. The van der Waals surface area contributed by atoms with Crippen LogP contribution in [0.15, 0.2) is 42.5 Å². The van der Waals surface area contributed by atoms with Crippen LogP contribution in [0.2, 0.25) is 0 Å². The predicted molar refractivity (Wildman–Crippen MR) is 105 cm³/mol. The van der Waals surface area contributed by atoms with Crippen molar-refractivity contribution in [3.8, 4) is 0 Å². The van der Waals surface area contributed by atoms with Crippen LogP contribution in [0.1, 0.15) is 42.1 Å². The molecule has 4 heteroatoms. The molecule has 0 unspecified atom stereocenters. The number of hydrogen-bond acceptors (Lipinski definition) is 1. The minimum atomic E-state index is -0.0475. The van der Waals surface area contributed by atoms with Gasteiger partial charge in [-0.3, -0.25) is 4.79 Å². The van der Waals surface area contributed by atoms with Gasteiger partial charge in [0.1, 0.15) is 0 Å². The van der Waals surface area contributed by atoms with Gasteiger partial charge in [-0.1, -0.05) is 32.0 Å². The van der Waals surface area contributed by atoms with Crippen molar-refractivity contribution in [2.45, 2.75) is 26.2 Å². The summed E-state index contributed by atoms with van der Waals surface area (Å²) < 4.78 is 2.03. The van der Waals surface area contributed by atoms with Gasteiger partial charge in [0.25, 0.3) is 5.91 Å². The molecule has 0 aromatic heterocycles. The van der Waals surface area contributed by atoms with Crippen molar-refractivity contribution < 1.29 is 4.79 Å². The molecule has 0 aliphatic heterocycles. The minimum Gasteiger partial charge on any atom is -0.322 e. The molecule has 0 aliphatic rings. The van der Waals surface area contributed by atoms with E-state index >= 15 is 0 Å². The van der Waals surface area contributed by atoms with Gasteiger partial charge in [-0.2, -0.15) is 0 Å². The molecular weight excluding hydrogens is 488 g/mol. The van der Waals surface area contributed by atoms with Crippen molar-refractivity contribution in [2.75, 3.05) is 5.32 Å². The lowest BCUT2D eigenvalue weighted by Crippen LogP contribution is -2.15. The quantitative estimate of drug-likeness (QED) is 0.535. The molecule has 0 saturated heterocycles. The highest BCUT2D eigenvalue weighted by molar-refractivity contribution is 14.1. The Morgan fingerprint density at radius 2 is 1.90 bits per heavy atom. The standard InChI is InChI=1S/C17H17I2NO/c1-3-11(2)13-6-4-5-7-16(13)20-17(21)14-10-12(18)8-9-15(14)19/h4-11H,3H2,1-2H3,(H,20,21)/t11-/m0/s1. The Hall–Kier alpha value is -0.630. The number of halogens is 2. The number of carbonyl (C=O) groups is 1. The number of para-hydroxylation sites is 1. The lowest BCUT2D eigenvalue weighted by atomic mass is 9.97. The van der Waals surface area contributed by atoms with E-state index in [9.17, 15) is 4.79 Å². The van der Waals surface area contributed by atoms with E-state index in [0.717, 1.165) is 24.8 Å². The van der Waals surface area contributed by atoms with Crippen molar-refractivity contribution in [3.05, 3.63) is 60.7 Å². The van der Waals surface area contributed by atoms with Gasteiger partial charge in [0.2, 0.25) is 0 Å². The van der Waals surface area contributed by atoms with Gasteiger partial charge in [0.05, 0.1) is 5.56 Å². The van der Waals surface area contributed by atoms with Gasteiger partial charge >= 0.3 is 0 Å². The molecule has 2 aromatic carbocycles. The summed E-state index contributed by atoms with van der Waals surface area (Å²) >= 11 is 4.43. The van der Waals surface area contributed by atoms with Crippen LogP contribution in [0.3, 0.4) is 0 Å². The van der Waals surface area contributed by atoms with E-state index in [1.165, 1.54) is 5.56 Å². The van der Waals surface area contributed by atoms with Crippen LogP contribution in [-0.2, 0) is 0 Å². The van der Waals surface area contributed by atoms with Crippen molar-refractivity contribution in [1.29, 1.82) is 0 Å². The molecule has 0 saturated carbocycles. The molecule has 1 N–H and O–H groups in total. The number of benzene rings is 2. The van der Waals surface area contributed by atoms with Gasteiger partial charge in [-0.25, -0.2) is 0 Å². The Bertz CT molecular complexity index is 655. The van der Waals surface area contributed by atoms with E-state index in [1.54, 1.807) is 0 Å². The maximum absolute atomic E-state index is 12.5. The van der Waals surface area contributed by atoms with E-state index in [4.69, 9.17) is 0 Å². The predicted octanol–water partition coefficient (Wildman–Crippen LogP) is 5.66. The summed E-state index contributed by atoms with van der Waals surface area (Å²) in [6, 6.07) is 13.9. The second kappa shape index (κ2) is 7.58. The molecule has 0 aliphatic carbocycles. The van der Waals surface area contributed by atoms with Gasteiger partial charge in [0.15, 0.2) is 0 Å². The molecule has 2 rings (SSSR count). The monoisotopic (exact) mass is 505 g/mol. The van der Waals surface area contributed by atoms with Crippen LogP contribution >= 0.6 is 45.2 Å². The first-order valence-corrected chi connectivity index (χ1v) is 9.04. The first-order chi connectivity index (χ1) is 10.0. The average Bonchev–Trinajstić information content (AvgIpc) is 2.49. The SMILES string of the molecule is CC[C@H](C)c1ccccc1NC(=O)c1cc(I)ccc1I. The second-order valence-corrected chi connectivity index (χ2v) is 7.38. The third-order valence-corrected chi connectivity index (χ3v) is 5.14. The largest absolute Gasteiger partial charge is 0.322 e. The molecule has 2 nitrogen and oxygen atoms in total. The third-order valence-electron chi connectivity index (χ3n) is 3.53. The zero-order chi connectivity index (χ0) is 15.4. The zero-order valence-electron chi connectivity index (χ0n) is 12.0. The maximum Gasteiger partial charge on any atom is 0.256 e. The van der Waals surface area contributed by atoms with E-state index in [0.29, 0.717) is 5.92 Å². The maximum atomic E-state index is 12.5. The van der Waals surface area contributed by atoms with E-state index in [2.05, 4.69) is 70.4 Å². The number of anilines is 1. The molecule has 0 fully saturated rings. The molecule has 0 bridgehead atoms. The highest BCUT2D eigenvalue weighted by atomic mass is 127. The van der Waals surface area contributed by atoms with Crippen LogP contribution in [0, 0.1) is 7.14 Å². The summed E-state index contributed by atoms with van der Waals surface area (Å²) in [4.78, 5) is 12.5. The Balaban J connectivity index is 2.30. The smallest absolute Gasteiger partial charge is 0.256 e. The molecule has 0 radical (unpaired) electrons. The highest BCUT2D eigenvalue weighted by Crippen LogP contribution is 2.27. The van der Waals surface area contributed by atoms with Crippen LogP contribution in [0.5, 0.6) is 0 Å². The normalized spacial score (nSPS) is 12.0. The lowest BCUT2D eigenvalue weighted by molar-refractivity contribution is 0.102. The van der Waals surface area contributed by atoms with E-state index in [-0.39, 0.29) is 5.91 Å². The first-order valence-electron chi connectivity index (χ1n) is 6.88. The van der Waals surface area contributed by atoms with Crippen LogP contribution in [0.4, 0.5) is 5.69 Å². The van der Waals surface area contributed by atoms with Gasteiger partial charge in [-0.05, 0) is 87.3 Å². The zero-order valence-corrected chi connectivity index (χ0v) is 16.3. The van der Waals surface area contributed by atoms with Crippen LogP contribution in [-0.4, -0.2) is 5.91 Å². The Kier molecular flexibility index (Phi) is 6.04.